The summed E-state index contributed by atoms with van der Waals surface area (Å²) < 4.78 is 5.47. The van der Waals surface area contributed by atoms with Crippen molar-refractivity contribution < 1.29 is 19.1 Å². The molecule has 1 aliphatic heterocycles. The van der Waals surface area contributed by atoms with Crippen LogP contribution in [0.25, 0.3) is 21.9 Å². The van der Waals surface area contributed by atoms with E-state index in [0.717, 1.165) is 33.9 Å². The highest BCUT2D eigenvalue weighted by Crippen LogP contribution is 2.52. The first-order valence-corrected chi connectivity index (χ1v) is 13.9. The number of carbonyl (C=O) groups is 3. The van der Waals surface area contributed by atoms with Gasteiger partial charge in [0.15, 0.2) is 0 Å². The molecule has 7 nitrogen and oxygen atoms in total. The third-order valence-electron chi connectivity index (χ3n) is 8.65. The van der Waals surface area contributed by atoms with E-state index in [9.17, 15) is 14.4 Å². The summed E-state index contributed by atoms with van der Waals surface area (Å²) in [6.45, 7) is 0.310. The van der Waals surface area contributed by atoms with E-state index >= 15 is 0 Å². The number of imide groups is 1. The van der Waals surface area contributed by atoms with Crippen molar-refractivity contribution in [1.29, 1.82) is 0 Å². The highest BCUT2D eigenvalue weighted by molar-refractivity contribution is 6.06. The molecule has 1 heterocycles. The first-order chi connectivity index (χ1) is 20.0. The van der Waals surface area contributed by atoms with Gasteiger partial charge in [-0.3, -0.25) is 14.5 Å². The third-order valence-corrected chi connectivity index (χ3v) is 8.65. The number of nitrogens with one attached hydrogen (secondary N) is 2. The average Bonchev–Trinajstić information content (AvgIpc) is 3.68. The number of benzene rings is 4. The van der Waals surface area contributed by atoms with E-state index < -0.39 is 0 Å². The number of hydrogen-bond acceptors (Lipinski definition) is 4. The van der Waals surface area contributed by atoms with Crippen LogP contribution in [-0.2, 0) is 16.1 Å². The molecule has 7 heteroatoms. The number of hydrogen-bond donors (Lipinski definition) is 2. The monoisotopic (exact) mass is 543 g/mol. The maximum absolute atomic E-state index is 13.0. The van der Waals surface area contributed by atoms with Crippen molar-refractivity contribution in [2.75, 3.05) is 17.7 Å². The summed E-state index contributed by atoms with van der Waals surface area (Å²) in [5.74, 6) is 0.654. The SMILES string of the molecule is COc1cc2ccccc2cc1NC(=O)Nc1ccc(-c2ccc(CN3C(=O)C4C5C=CC(C5)C4C3=O)cc2)cc1. The minimum atomic E-state index is -0.366. The smallest absolute Gasteiger partial charge is 0.323 e. The Morgan fingerprint density at radius 2 is 1.39 bits per heavy atom. The van der Waals surface area contributed by atoms with Crippen LogP contribution in [0.1, 0.15) is 12.0 Å². The van der Waals surface area contributed by atoms with Crippen molar-refractivity contribution >= 4 is 40.0 Å². The molecule has 4 unspecified atom stereocenters. The molecule has 4 aromatic rings. The van der Waals surface area contributed by atoms with Crippen LogP contribution in [0, 0.1) is 23.7 Å². The van der Waals surface area contributed by atoms with Gasteiger partial charge in [-0.05, 0) is 70.0 Å². The molecule has 2 N–H and O–H groups in total. The zero-order valence-electron chi connectivity index (χ0n) is 22.5. The highest BCUT2D eigenvalue weighted by atomic mass is 16.5. The number of likely N-dealkylation sites (tertiary alicyclic amines) is 1. The van der Waals surface area contributed by atoms with Crippen molar-refractivity contribution in [2.24, 2.45) is 23.7 Å². The zero-order valence-corrected chi connectivity index (χ0v) is 22.5. The van der Waals surface area contributed by atoms with Crippen molar-refractivity contribution in [3.05, 3.63) is 103 Å². The Labute approximate surface area is 237 Å². The number of nitrogens with zero attached hydrogens (tertiary/aromatic N) is 1. The quantitative estimate of drug-likeness (QED) is 0.216. The molecule has 0 radical (unpaired) electrons. The van der Waals surface area contributed by atoms with Gasteiger partial charge < -0.3 is 15.4 Å². The molecule has 1 saturated carbocycles. The molecule has 7 rings (SSSR count). The lowest BCUT2D eigenvalue weighted by Gasteiger charge is -2.17. The number of ether oxygens (including phenoxy) is 1. The maximum Gasteiger partial charge on any atom is 0.323 e. The van der Waals surface area contributed by atoms with E-state index in [0.29, 0.717) is 23.7 Å². The van der Waals surface area contributed by atoms with Crippen molar-refractivity contribution in [2.45, 2.75) is 13.0 Å². The predicted octanol–water partition coefficient (Wildman–Crippen LogP) is 6.47. The number of amides is 4. The van der Waals surface area contributed by atoms with Crippen molar-refractivity contribution in [1.82, 2.24) is 4.90 Å². The van der Waals surface area contributed by atoms with Gasteiger partial charge in [0, 0.05) is 5.69 Å². The van der Waals surface area contributed by atoms with E-state index in [1.807, 2.05) is 84.9 Å². The maximum atomic E-state index is 13.0. The van der Waals surface area contributed by atoms with Gasteiger partial charge in [0.1, 0.15) is 5.75 Å². The average molecular weight is 544 g/mol. The molecule has 204 valence electrons. The molecular formula is C34H29N3O4. The summed E-state index contributed by atoms with van der Waals surface area (Å²) in [5, 5.41) is 7.79. The van der Waals surface area contributed by atoms with Gasteiger partial charge in [0.25, 0.3) is 0 Å². The van der Waals surface area contributed by atoms with Crippen LogP contribution in [-0.4, -0.2) is 29.9 Å². The Kier molecular flexibility index (Phi) is 6.07. The first-order valence-electron chi connectivity index (χ1n) is 13.9. The Bertz CT molecular complexity index is 1680. The number of rotatable bonds is 6. The summed E-state index contributed by atoms with van der Waals surface area (Å²) in [6.07, 6.45) is 5.17. The number of methoxy groups -OCH3 is 1. The topological polar surface area (TPSA) is 87.7 Å². The Morgan fingerprint density at radius 1 is 0.805 bits per heavy atom. The van der Waals surface area contributed by atoms with Crippen LogP contribution >= 0.6 is 0 Å². The van der Waals surface area contributed by atoms with Crippen LogP contribution in [0.5, 0.6) is 5.75 Å². The Balaban J connectivity index is 0.989. The highest BCUT2D eigenvalue weighted by Gasteiger charge is 2.59. The fraction of sp³-hybridized carbons (Fsp3) is 0.206. The van der Waals surface area contributed by atoms with E-state index in [1.165, 1.54) is 4.90 Å². The molecule has 4 amide bonds. The lowest BCUT2D eigenvalue weighted by molar-refractivity contribution is -0.141. The molecule has 3 aliphatic rings. The minimum absolute atomic E-state index is 0.0212. The molecule has 2 bridgehead atoms. The van der Waals surface area contributed by atoms with Crippen LogP contribution < -0.4 is 15.4 Å². The van der Waals surface area contributed by atoms with Gasteiger partial charge in [0.2, 0.25) is 11.8 Å². The summed E-state index contributed by atoms with van der Waals surface area (Å²) in [4.78, 5) is 40.2. The second-order valence-corrected chi connectivity index (χ2v) is 11.0. The second kappa shape index (κ2) is 9.93. The molecule has 2 aliphatic carbocycles. The summed E-state index contributed by atoms with van der Waals surface area (Å²) >= 11 is 0. The fourth-order valence-electron chi connectivity index (χ4n) is 6.62. The summed E-state index contributed by atoms with van der Waals surface area (Å²) in [5.41, 5.74) is 4.16. The Hall–Kier alpha value is -4.91. The minimum Gasteiger partial charge on any atom is -0.495 e. The van der Waals surface area contributed by atoms with E-state index in [1.54, 1.807) is 7.11 Å². The number of anilines is 2. The number of fused-ring (bicyclic) bond motifs is 6. The normalized spacial score (nSPS) is 22.3. The molecule has 4 atom stereocenters. The summed E-state index contributed by atoms with van der Waals surface area (Å²) in [6, 6.07) is 26.8. The van der Waals surface area contributed by atoms with Gasteiger partial charge in [-0.2, -0.15) is 0 Å². The fourth-order valence-corrected chi connectivity index (χ4v) is 6.62. The zero-order chi connectivity index (χ0) is 28.1. The third kappa shape index (κ3) is 4.43. The molecule has 41 heavy (non-hydrogen) atoms. The first kappa shape index (κ1) is 25.1. The second-order valence-electron chi connectivity index (χ2n) is 11.0. The standard InChI is InChI=1S/C34H29N3O4/c1-41-29-18-24-5-3-2-4-23(24)17-28(29)36-34(40)35-27-14-12-22(13-15-27)21-8-6-20(7-9-21)19-37-32(38)30-25-10-11-26(16-25)31(30)33(37)39/h2-15,17-18,25-26,30-31H,16,19H2,1H3,(H2,35,36,40). The van der Waals surface area contributed by atoms with Gasteiger partial charge in [-0.15, -0.1) is 0 Å². The van der Waals surface area contributed by atoms with Crippen LogP contribution in [0.3, 0.4) is 0 Å². The van der Waals surface area contributed by atoms with Crippen LogP contribution in [0.2, 0.25) is 0 Å². The molecule has 0 spiro atoms. The van der Waals surface area contributed by atoms with Gasteiger partial charge in [0.05, 0.1) is 31.2 Å². The number of urea groups is 1. The Morgan fingerprint density at radius 3 is 2.00 bits per heavy atom. The largest absolute Gasteiger partial charge is 0.495 e. The lowest BCUT2D eigenvalue weighted by atomic mass is 9.85. The van der Waals surface area contributed by atoms with E-state index in [-0.39, 0.29) is 41.5 Å². The molecule has 2 fully saturated rings. The van der Waals surface area contributed by atoms with Crippen LogP contribution in [0.15, 0.2) is 97.1 Å². The van der Waals surface area contributed by atoms with Gasteiger partial charge in [-0.1, -0.05) is 72.8 Å². The van der Waals surface area contributed by atoms with Crippen molar-refractivity contribution in [3.8, 4) is 16.9 Å². The van der Waals surface area contributed by atoms with Gasteiger partial charge in [-0.25, -0.2) is 4.79 Å². The number of allylic oxidation sites excluding steroid dienone is 2. The summed E-state index contributed by atoms with van der Waals surface area (Å²) in [7, 11) is 1.58. The van der Waals surface area contributed by atoms with E-state index in [4.69, 9.17) is 4.74 Å². The van der Waals surface area contributed by atoms with Gasteiger partial charge >= 0.3 is 6.03 Å². The number of carbonyl (C=O) groups excluding carboxylic acids is 3. The van der Waals surface area contributed by atoms with Crippen LogP contribution in [0.4, 0.5) is 16.2 Å². The predicted molar refractivity (Wildman–Crippen MR) is 158 cm³/mol. The van der Waals surface area contributed by atoms with Crippen molar-refractivity contribution in [3.63, 3.8) is 0 Å². The van der Waals surface area contributed by atoms with E-state index in [2.05, 4.69) is 22.8 Å². The molecule has 0 aromatic heterocycles. The lowest BCUT2D eigenvalue weighted by Crippen LogP contribution is -2.32. The molecule has 4 aromatic carbocycles. The molecular weight excluding hydrogens is 514 g/mol. The molecule has 1 saturated heterocycles.